The molecule has 64 valence electrons. The molecule has 1 heterocycles. The Morgan fingerprint density at radius 1 is 1.09 bits per heavy atom. The van der Waals surface area contributed by atoms with Crippen LogP contribution in [0.3, 0.4) is 0 Å². The summed E-state index contributed by atoms with van der Waals surface area (Å²) in [5, 5.41) is 0. The molecule has 0 bridgehead atoms. The zero-order valence-electron chi connectivity index (χ0n) is 7.13. The van der Waals surface area contributed by atoms with Crippen LogP contribution in [0.4, 0.5) is 0 Å². The molecule has 1 atom stereocenters. The van der Waals surface area contributed by atoms with E-state index in [-0.39, 0.29) is 0 Å². The maximum absolute atomic E-state index is 5.85. The van der Waals surface area contributed by atoms with Crippen molar-refractivity contribution in [3.8, 4) is 0 Å². The van der Waals surface area contributed by atoms with Crippen LogP contribution in [0.15, 0.2) is 0 Å². The highest BCUT2D eigenvalue weighted by molar-refractivity contribution is 4.85. The number of nitrogens with zero attached hydrogens (tertiary/aromatic N) is 1. The normalized spacial score (nSPS) is 35.2. The highest BCUT2D eigenvalue weighted by Gasteiger charge is 2.27. The van der Waals surface area contributed by atoms with Gasteiger partial charge < -0.3 is 5.73 Å². The van der Waals surface area contributed by atoms with Gasteiger partial charge in [0.2, 0.25) is 0 Å². The molecule has 0 unspecified atom stereocenters. The molecule has 1 saturated heterocycles. The number of hydrogen-bond donors (Lipinski definition) is 1. The molecular weight excluding hydrogens is 136 g/mol. The predicted octanol–water partition coefficient (Wildman–Crippen LogP) is 0.962. The Bertz CT molecular complexity index is 130. The van der Waals surface area contributed by atoms with Crippen LogP contribution in [-0.2, 0) is 0 Å². The van der Waals surface area contributed by atoms with E-state index in [1.807, 2.05) is 0 Å². The van der Waals surface area contributed by atoms with Gasteiger partial charge in [0.15, 0.2) is 0 Å². The molecule has 0 aromatic carbocycles. The Balaban J connectivity index is 1.85. The van der Waals surface area contributed by atoms with Crippen molar-refractivity contribution < 1.29 is 0 Å². The van der Waals surface area contributed by atoms with E-state index in [2.05, 4.69) is 4.90 Å². The third-order valence-corrected chi connectivity index (χ3v) is 3.10. The minimum atomic E-state index is 0.468. The van der Waals surface area contributed by atoms with Crippen LogP contribution >= 0.6 is 0 Å². The summed E-state index contributed by atoms with van der Waals surface area (Å²) in [4.78, 5) is 2.59. The largest absolute Gasteiger partial charge is 0.326 e. The summed E-state index contributed by atoms with van der Waals surface area (Å²) in [6.07, 6.45) is 6.95. The maximum Gasteiger partial charge on any atom is 0.0180 e. The number of likely N-dealkylation sites (tertiary alicyclic amines) is 1. The molecule has 2 fully saturated rings. The summed E-state index contributed by atoms with van der Waals surface area (Å²) in [6.45, 7) is 2.41. The van der Waals surface area contributed by atoms with Crippen molar-refractivity contribution in [1.82, 2.24) is 4.90 Å². The fourth-order valence-corrected chi connectivity index (χ4v) is 2.42. The molecular formula is C9H18N2. The number of rotatable bonds is 1. The van der Waals surface area contributed by atoms with Gasteiger partial charge >= 0.3 is 0 Å². The average Bonchev–Trinajstić information content (AvgIpc) is 2.55. The minimum Gasteiger partial charge on any atom is -0.326 e. The maximum atomic E-state index is 5.85. The van der Waals surface area contributed by atoms with Gasteiger partial charge in [-0.3, -0.25) is 4.90 Å². The summed E-state index contributed by atoms with van der Waals surface area (Å²) < 4.78 is 0. The first-order valence-corrected chi connectivity index (χ1v) is 4.86. The second-order valence-electron chi connectivity index (χ2n) is 3.98. The van der Waals surface area contributed by atoms with Gasteiger partial charge in [-0.25, -0.2) is 0 Å². The zero-order chi connectivity index (χ0) is 7.68. The van der Waals surface area contributed by atoms with Crippen molar-refractivity contribution in [1.29, 1.82) is 0 Å². The molecule has 1 aliphatic heterocycles. The Hall–Kier alpha value is -0.0800. The Kier molecular flexibility index (Phi) is 2.14. The summed E-state index contributed by atoms with van der Waals surface area (Å²) in [5.74, 6) is 0. The SMILES string of the molecule is N[C@H]1CCN(C2CCCC2)C1. The van der Waals surface area contributed by atoms with Crippen LogP contribution in [0.2, 0.25) is 0 Å². The van der Waals surface area contributed by atoms with E-state index in [0.717, 1.165) is 12.6 Å². The summed E-state index contributed by atoms with van der Waals surface area (Å²) in [7, 11) is 0. The van der Waals surface area contributed by atoms with Crippen molar-refractivity contribution in [3.05, 3.63) is 0 Å². The van der Waals surface area contributed by atoms with Gasteiger partial charge in [0.1, 0.15) is 0 Å². The first kappa shape index (κ1) is 7.56. The van der Waals surface area contributed by atoms with Crippen LogP contribution in [0, 0.1) is 0 Å². The van der Waals surface area contributed by atoms with Crippen molar-refractivity contribution >= 4 is 0 Å². The molecule has 11 heavy (non-hydrogen) atoms. The monoisotopic (exact) mass is 154 g/mol. The minimum absolute atomic E-state index is 0.468. The lowest BCUT2D eigenvalue weighted by Gasteiger charge is -2.22. The molecule has 0 radical (unpaired) electrons. The van der Waals surface area contributed by atoms with E-state index in [4.69, 9.17) is 5.73 Å². The highest BCUT2D eigenvalue weighted by atomic mass is 15.2. The zero-order valence-corrected chi connectivity index (χ0v) is 7.13. The summed E-state index contributed by atoms with van der Waals surface area (Å²) in [5.41, 5.74) is 5.85. The first-order chi connectivity index (χ1) is 5.36. The Morgan fingerprint density at radius 3 is 2.36 bits per heavy atom. The van der Waals surface area contributed by atoms with Gasteiger partial charge in [0, 0.05) is 25.2 Å². The summed E-state index contributed by atoms with van der Waals surface area (Å²) in [6, 6.07) is 1.36. The fourth-order valence-electron chi connectivity index (χ4n) is 2.42. The summed E-state index contributed by atoms with van der Waals surface area (Å²) >= 11 is 0. The van der Waals surface area contributed by atoms with Gasteiger partial charge in [-0.2, -0.15) is 0 Å². The third kappa shape index (κ3) is 1.57. The molecule has 0 amide bonds. The molecule has 1 saturated carbocycles. The molecule has 2 heteroatoms. The lowest BCUT2D eigenvalue weighted by atomic mass is 10.2. The number of hydrogen-bond acceptors (Lipinski definition) is 2. The van der Waals surface area contributed by atoms with E-state index < -0.39 is 0 Å². The lowest BCUT2D eigenvalue weighted by molar-refractivity contribution is 0.243. The fraction of sp³-hybridized carbons (Fsp3) is 1.00. The molecule has 2 rings (SSSR count). The second-order valence-corrected chi connectivity index (χ2v) is 3.98. The van der Waals surface area contributed by atoms with E-state index in [1.165, 1.54) is 38.6 Å². The van der Waals surface area contributed by atoms with Crippen molar-refractivity contribution in [3.63, 3.8) is 0 Å². The van der Waals surface area contributed by atoms with Gasteiger partial charge in [0.05, 0.1) is 0 Å². The van der Waals surface area contributed by atoms with Crippen molar-refractivity contribution in [2.45, 2.75) is 44.2 Å². The van der Waals surface area contributed by atoms with Crippen molar-refractivity contribution in [2.24, 2.45) is 5.73 Å². The quantitative estimate of drug-likeness (QED) is 0.609. The van der Waals surface area contributed by atoms with Crippen LogP contribution in [0.5, 0.6) is 0 Å². The van der Waals surface area contributed by atoms with Crippen LogP contribution < -0.4 is 5.73 Å². The molecule has 2 aliphatic rings. The Labute approximate surface area is 68.7 Å². The van der Waals surface area contributed by atoms with Crippen LogP contribution in [0.25, 0.3) is 0 Å². The molecule has 0 aromatic rings. The smallest absolute Gasteiger partial charge is 0.0180 e. The Morgan fingerprint density at radius 2 is 1.82 bits per heavy atom. The lowest BCUT2D eigenvalue weighted by Crippen LogP contribution is -2.33. The van der Waals surface area contributed by atoms with Crippen LogP contribution in [0.1, 0.15) is 32.1 Å². The van der Waals surface area contributed by atoms with Gasteiger partial charge in [-0.15, -0.1) is 0 Å². The standard InChI is InChI=1S/C9H18N2/c10-8-5-6-11(7-8)9-3-1-2-4-9/h8-9H,1-7,10H2/t8-/m0/s1. The first-order valence-electron chi connectivity index (χ1n) is 4.86. The van der Waals surface area contributed by atoms with Gasteiger partial charge in [-0.1, -0.05) is 12.8 Å². The van der Waals surface area contributed by atoms with E-state index >= 15 is 0 Å². The van der Waals surface area contributed by atoms with Crippen molar-refractivity contribution in [2.75, 3.05) is 13.1 Å². The topological polar surface area (TPSA) is 29.3 Å². The van der Waals surface area contributed by atoms with Gasteiger partial charge in [-0.05, 0) is 19.3 Å². The predicted molar refractivity (Wildman–Crippen MR) is 46.4 cm³/mol. The second kappa shape index (κ2) is 3.11. The van der Waals surface area contributed by atoms with Crippen LogP contribution in [-0.4, -0.2) is 30.1 Å². The van der Waals surface area contributed by atoms with E-state index in [1.54, 1.807) is 0 Å². The molecule has 1 aliphatic carbocycles. The van der Waals surface area contributed by atoms with Gasteiger partial charge in [0.25, 0.3) is 0 Å². The van der Waals surface area contributed by atoms with E-state index in [9.17, 15) is 0 Å². The molecule has 0 aromatic heterocycles. The average molecular weight is 154 g/mol. The number of nitrogens with two attached hydrogens (primary N) is 1. The molecule has 2 N–H and O–H groups in total. The highest BCUT2D eigenvalue weighted by Crippen LogP contribution is 2.25. The molecule has 0 spiro atoms. The van der Waals surface area contributed by atoms with E-state index in [0.29, 0.717) is 6.04 Å². The molecule has 2 nitrogen and oxygen atoms in total. The third-order valence-electron chi connectivity index (χ3n) is 3.10.